The van der Waals surface area contributed by atoms with Gasteiger partial charge in [0.2, 0.25) is 0 Å². The third-order valence-corrected chi connectivity index (χ3v) is 11.3. The zero-order chi connectivity index (χ0) is 35.1. The highest BCUT2D eigenvalue weighted by atomic mass is 14.9. The van der Waals surface area contributed by atoms with E-state index in [4.69, 9.17) is 0 Å². The van der Waals surface area contributed by atoms with E-state index < -0.39 is 0 Å². The number of nitrogens with zero attached hydrogens (tertiary/aromatic N) is 1. The molecule has 0 saturated heterocycles. The predicted molar refractivity (Wildman–Crippen MR) is 222 cm³/mol. The van der Waals surface area contributed by atoms with Gasteiger partial charge in [0.25, 0.3) is 0 Å². The molecule has 0 aliphatic carbocycles. The summed E-state index contributed by atoms with van der Waals surface area (Å²) in [4.78, 5) is 0. The molecule has 0 spiro atoms. The van der Waals surface area contributed by atoms with Crippen molar-refractivity contribution in [2.75, 3.05) is 0 Å². The summed E-state index contributed by atoms with van der Waals surface area (Å²) in [7, 11) is 0. The maximum absolute atomic E-state index is 2.53. The second-order valence-corrected chi connectivity index (χ2v) is 16.3. The molecule has 1 heterocycles. The molecule has 0 unspecified atom stereocenters. The van der Waals surface area contributed by atoms with E-state index in [2.05, 4.69) is 43.8 Å². The molecule has 0 radical (unpaired) electrons. The summed E-state index contributed by atoms with van der Waals surface area (Å²) in [5.74, 6) is 0. The van der Waals surface area contributed by atoms with E-state index in [-0.39, 0.29) is 0 Å². The zero-order valence-electron chi connectivity index (χ0n) is 34.5. The van der Waals surface area contributed by atoms with Crippen LogP contribution in [0.3, 0.4) is 0 Å². The number of hydrogen-bond acceptors (Lipinski definition) is 0. The molecule has 0 atom stereocenters. The van der Waals surface area contributed by atoms with Crippen LogP contribution >= 0.6 is 0 Å². The standard InChI is InChI=1S/C48H92N/c1-4-7-10-12-14-16-18-20-22-24-26-28-30-32-34-36-38-41-47-43-45-49(44-40-9-6-3)46-48(47)42-39-37-35-33-31-29-27-25-23-21-19-17-15-13-11-8-5-2/h43,45-46H,4-42,44H2,1-3H3/q+1. The highest BCUT2D eigenvalue weighted by molar-refractivity contribution is 5.21. The van der Waals surface area contributed by atoms with Gasteiger partial charge in [-0.3, -0.25) is 0 Å². The molecule has 288 valence electrons. The number of aromatic nitrogens is 1. The molecule has 1 rings (SSSR count). The average Bonchev–Trinajstić information content (AvgIpc) is 3.11. The van der Waals surface area contributed by atoms with Crippen molar-refractivity contribution in [2.24, 2.45) is 0 Å². The van der Waals surface area contributed by atoms with Crippen LogP contribution in [0.4, 0.5) is 0 Å². The number of hydrogen-bond donors (Lipinski definition) is 0. The number of aryl methyl sites for hydroxylation is 3. The SMILES string of the molecule is CCCCCCCCCCCCCCCCCCCc1cc[n+](CCCCC)cc1CCCCCCCCCCCCCCCCCCC. The summed E-state index contributed by atoms with van der Waals surface area (Å²) in [5, 5.41) is 0. The summed E-state index contributed by atoms with van der Waals surface area (Å²) in [6.07, 6.45) is 60.9. The molecule has 49 heavy (non-hydrogen) atoms. The van der Waals surface area contributed by atoms with Gasteiger partial charge >= 0.3 is 0 Å². The molecule has 0 fully saturated rings. The minimum Gasteiger partial charge on any atom is -0.205 e. The normalized spacial score (nSPS) is 11.6. The third-order valence-electron chi connectivity index (χ3n) is 11.3. The molecule has 0 saturated carbocycles. The molecule has 1 heteroatoms. The van der Waals surface area contributed by atoms with Crippen molar-refractivity contribution in [3.63, 3.8) is 0 Å². The van der Waals surface area contributed by atoms with Crippen molar-refractivity contribution in [3.8, 4) is 0 Å². The van der Waals surface area contributed by atoms with Crippen LogP contribution < -0.4 is 4.57 Å². The molecule has 0 aliphatic rings. The minimum atomic E-state index is 1.19. The number of rotatable bonds is 40. The first-order chi connectivity index (χ1) is 24.3. The minimum absolute atomic E-state index is 1.19. The Morgan fingerprint density at radius 2 is 0.571 bits per heavy atom. The van der Waals surface area contributed by atoms with Crippen LogP contribution in [0.5, 0.6) is 0 Å². The fourth-order valence-corrected chi connectivity index (χ4v) is 7.85. The summed E-state index contributed by atoms with van der Waals surface area (Å²) >= 11 is 0. The van der Waals surface area contributed by atoms with Gasteiger partial charge in [-0.1, -0.05) is 233 Å². The molecule has 0 N–H and O–H groups in total. The molecule has 1 nitrogen and oxygen atoms in total. The van der Waals surface area contributed by atoms with Gasteiger partial charge in [-0.25, -0.2) is 4.57 Å². The van der Waals surface area contributed by atoms with Gasteiger partial charge < -0.3 is 0 Å². The Morgan fingerprint density at radius 3 is 0.898 bits per heavy atom. The Kier molecular flexibility index (Phi) is 36.2. The molecule has 1 aromatic heterocycles. The lowest BCUT2D eigenvalue weighted by Gasteiger charge is -2.10. The van der Waals surface area contributed by atoms with Crippen molar-refractivity contribution in [1.29, 1.82) is 0 Å². The maximum Gasteiger partial charge on any atom is 0.172 e. The molecular formula is C48H92N+. The molecule has 0 bridgehead atoms. The molecule has 0 amide bonds. The van der Waals surface area contributed by atoms with Crippen molar-refractivity contribution in [2.45, 2.75) is 278 Å². The Morgan fingerprint density at radius 1 is 0.306 bits per heavy atom. The van der Waals surface area contributed by atoms with Crippen molar-refractivity contribution >= 4 is 0 Å². The second kappa shape index (κ2) is 38.4. The van der Waals surface area contributed by atoms with Crippen molar-refractivity contribution < 1.29 is 4.57 Å². The average molecular weight is 683 g/mol. The van der Waals surface area contributed by atoms with E-state index in [1.807, 2.05) is 0 Å². The largest absolute Gasteiger partial charge is 0.205 e. The molecular weight excluding hydrogens is 591 g/mol. The molecule has 0 aliphatic heterocycles. The van der Waals surface area contributed by atoms with E-state index in [9.17, 15) is 0 Å². The highest BCUT2D eigenvalue weighted by Crippen LogP contribution is 2.19. The van der Waals surface area contributed by atoms with Gasteiger partial charge in [0.05, 0.1) is 0 Å². The fraction of sp³-hybridized carbons (Fsp3) is 0.896. The fourth-order valence-electron chi connectivity index (χ4n) is 7.85. The Balaban J connectivity index is 2.10. The van der Waals surface area contributed by atoms with Crippen LogP contribution in [0.25, 0.3) is 0 Å². The Labute approximate surface area is 311 Å². The van der Waals surface area contributed by atoms with Crippen LogP contribution in [0.1, 0.15) is 269 Å². The lowest BCUT2D eigenvalue weighted by molar-refractivity contribution is -0.697. The lowest BCUT2D eigenvalue weighted by atomic mass is 9.97. The summed E-state index contributed by atoms with van der Waals surface area (Å²) in [6.45, 7) is 8.13. The Bertz CT molecular complexity index is 768. The summed E-state index contributed by atoms with van der Waals surface area (Å²) in [6, 6.07) is 2.49. The summed E-state index contributed by atoms with van der Waals surface area (Å²) in [5.41, 5.74) is 3.32. The monoisotopic (exact) mass is 683 g/mol. The first kappa shape index (κ1) is 46.2. The number of pyridine rings is 1. The van der Waals surface area contributed by atoms with Crippen LogP contribution in [-0.2, 0) is 19.4 Å². The van der Waals surface area contributed by atoms with Gasteiger partial charge in [-0.2, -0.15) is 0 Å². The quantitative estimate of drug-likeness (QED) is 0.0479. The topological polar surface area (TPSA) is 3.88 Å². The molecule has 0 aromatic carbocycles. The van der Waals surface area contributed by atoms with Crippen LogP contribution in [0.2, 0.25) is 0 Å². The predicted octanol–water partition coefficient (Wildman–Crippen LogP) is 16.6. The molecule has 1 aromatic rings. The van der Waals surface area contributed by atoms with Crippen LogP contribution in [0.15, 0.2) is 18.5 Å². The van der Waals surface area contributed by atoms with E-state index in [0.29, 0.717) is 0 Å². The Hall–Kier alpha value is -0.850. The van der Waals surface area contributed by atoms with E-state index in [1.54, 1.807) is 11.1 Å². The maximum atomic E-state index is 2.53. The van der Waals surface area contributed by atoms with Gasteiger partial charge in [0, 0.05) is 18.1 Å². The first-order valence-corrected chi connectivity index (χ1v) is 23.3. The van der Waals surface area contributed by atoms with Crippen molar-refractivity contribution in [3.05, 3.63) is 29.6 Å². The van der Waals surface area contributed by atoms with E-state index >= 15 is 0 Å². The van der Waals surface area contributed by atoms with E-state index in [1.165, 1.54) is 257 Å². The van der Waals surface area contributed by atoms with Crippen LogP contribution in [-0.4, -0.2) is 0 Å². The second-order valence-electron chi connectivity index (χ2n) is 16.3. The van der Waals surface area contributed by atoms with Gasteiger partial charge in [-0.05, 0) is 37.7 Å². The lowest BCUT2D eigenvalue weighted by Crippen LogP contribution is -2.33. The summed E-state index contributed by atoms with van der Waals surface area (Å²) < 4.78 is 2.50. The third kappa shape index (κ3) is 31.6. The van der Waals surface area contributed by atoms with Gasteiger partial charge in [0.15, 0.2) is 12.4 Å². The number of unbranched alkanes of at least 4 members (excludes halogenated alkanes) is 34. The van der Waals surface area contributed by atoms with Gasteiger partial charge in [-0.15, -0.1) is 0 Å². The van der Waals surface area contributed by atoms with Crippen molar-refractivity contribution in [1.82, 2.24) is 0 Å². The first-order valence-electron chi connectivity index (χ1n) is 23.3. The van der Waals surface area contributed by atoms with Crippen LogP contribution in [0, 0.1) is 0 Å². The van der Waals surface area contributed by atoms with E-state index in [0.717, 1.165) is 0 Å². The smallest absolute Gasteiger partial charge is 0.172 e. The zero-order valence-corrected chi connectivity index (χ0v) is 34.5. The van der Waals surface area contributed by atoms with Gasteiger partial charge in [0.1, 0.15) is 6.54 Å². The highest BCUT2D eigenvalue weighted by Gasteiger charge is 2.10.